The van der Waals surface area contributed by atoms with Gasteiger partial charge in [-0.15, -0.1) is 0 Å². The molecule has 4 heterocycles. The predicted molar refractivity (Wildman–Crippen MR) is 125 cm³/mol. The Labute approximate surface area is 189 Å². The quantitative estimate of drug-likeness (QED) is 0.614. The zero-order chi connectivity index (χ0) is 21.9. The van der Waals surface area contributed by atoms with Crippen LogP contribution in [0.3, 0.4) is 0 Å². The number of likely N-dealkylation sites (tertiary alicyclic amines) is 2. The molecule has 1 aromatic carbocycles. The van der Waals surface area contributed by atoms with Crippen molar-refractivity contribution in [3.05, 3.63) is 66.1 Å². The number of aromatic nitrogens is 2. The molecule has 2 atom stereocenters. The second-order valence-electron chi connectivity index (χ2n) is 9.03. The first-order chi connectivity index (χ1) is 15.7. The molecule has 2 aromatic heterocycles. The highest BCUT2D eigenvalue weighted by atomic mass is 16.5. The fourth-order valence-corrected chi connectivity index (χ4v) is 5.41. The second-order valence-corrected chi connectivity index (χ2v) is 9.03. The number of piperidine rings is 1. The molecular formula is C26H32N4O2. The normalized spacial score (nSPS) is 22.2. The molecule has 1 N–H and O–H groups in total. The molecule has 5 rings (SSSR count). The van der Waals surface area contributed by atoms with Crippen LogP contribution in [0.1, 0.15) is 42.9 Å². The van der Waals surface area contributed by atoms with Crippen LogP contribution in [0, 0.1) is 0 Å². The van der Waals surface area contributed by atoms with Gasteiger partial charge in [0.05, 0.1) is 12.1 Å². The van der Waals surface area contributed by atoms with Crippen LogP contribution in [-0.4, -0.2) is 64.6 Å². The summed E-state index contributed by atoms with van der Waals surface area (Å²) >= 11 is 0. The fraction of sp³-hybridized carbons (Fsp3) is 0.462. The number of para-hydroxylation sites is 1. The zero-order valence-corrected chi connectivity index (χ0v) is 18.7. The molecule has 0 spiro atoms. The average Bonchev–Trinajstić information content (AvgIpc) is 3.23. The number of carbonyl (C=O) groups excluding carboxylic acids is 1. The van der Waals surface area contributed by atoms with Gasteiger partial charge >= 0.3 is 0 Å². The molecule has 0 radical (unpaired) electrons. The molecule has 0 bridgehead atoms. The van der Waals surface area contributed by atoms with Crippen molar-refractivity contribution in [2.75, 3.05) is 26.7 Å². The molecule has 6 heteroatoms. The standard InChI is InChI=1S/C26H32N4O2/c1-32-24-18-30(26(24)20-7-5-13-27-16-20)21-11-14-29(15-12-21)25(31)10-4-6-19-17-28-23-9-3-2-8-22(19)23/h2-3,5,7-9,13,16-17,21,24,26,28H,4,6,10-12,14-15,18H2,1H3/t24-,26-/m0/s1. The summed E-state index contributed by atoms with van der Waals surface area (Å²) in [6.07, 6.45) is 10.6. The van der Waals surface area contributed by atoms with Gasteiger partial charge in [0, 0.05) is 68.7 Å². The maximum absolute atomic E-state index is 12.8. The zero-order valence-electron chi connectivity index (χ0n) is 18.7. The SMILES string of the molecule is CO[C@H]1CN(C2CCN(C(=O)CCCc3c[nH]c4ccccc34)CC2)[C@H]1c1cccnc1. The highest BCUT2D eigenvalue weighted by Crippen LogP contribution is 2.39. The maximum atomic E-state index is 12.8. The number of nitrogens with zero attached hydrogens (tertiary/aromatic N) is 3. The molecule has 0 unspecified atom stereocenters. The van der Waals surface area contributed by atoms with Crippen molar-refractivity contribution in [3.63, 3.8) is 0 Å². The Morgan fingerprint density at radius 2 is 2.03 bits per heavy atom. The number of H-pyrrole nitrogens is 1. The summed E-state index contributed by atoms with van der Waals surface area (Å²) in [5, 5.41) is 1.27. The molecule has 0 saturated carbocycles. The number of ether oxygens (including phenoxy) is 1. The van der Waals surface area contributed by atoms with Crippen LogP contribution < -0.4 is 0 Å². The number of rotatable bonds is 7. The average molecular weight is 433 g/mol. The third kappa shape index (κ3) is 4.17. The van der Waals surface area contributed by atoms with E-state index in [1.54, 1.807) is 7.11 Å². The summed E-state index contributed by atoms with van der Waals surface area (Å²) in [7, 11) is 1.79. The number of methoxy groups -OCH3 is 1. The van der Waals surface area contributed by atoms with Gasteiger partial charge in [-0.25, -0.2) is 0 Å². The predicted octanol–water partition coefficient (Wildman–Crippen LogP) is 3.95. The first-order valence-electron chi connectivity index (χ1n) is 11.8. The Morgan fingerprint density at radius 3 is 2.81 bits per heavy atom. The summed E-state index contributed by atoms with van der Waals surface area (Å²) < 4.78 is 5.70. The Kier molecular flexibility index (Phi) is 6.23. The lowest BCUT2D eigenvalue weighted by molar-refractivity contribution is -0.137. The van der Waals surface area contributed by atoms with Crippen LogP contribution in [0.5, 0.6) is 0 Å². The number of aromatic amines is 1. The first-order valence-corrected chi connectivity index (χ1v) is 11.8. The number of aryl methyl sites for hydroxylation is 1. The second kappa shape index (κ2) is 9.43. The van der Waals surface area contributed by atoms with Crippen molar-refractivity contribution >= 4 is 16.8 Å². The van der Waals surface area contributed by atoms with Crippen LogP contribution >= 0.6 is 0 Å². The number of hydrogen-bond donors (Lipinski definition) is 1. The van der Waals surface area contributed by atoms with Gasteiger partial charge in [0.15, 0.2) is 0 Å². The van der Waals surface area contributed by atoms with Crippen molar-refractivity contribution in [2.45, 2.75) is 50.3 Å². The van der Waals surface area contributed by atoms with Gasteiger partial charge in [-0.05, 0) is 48.9 Å². The van der Waals surface area contributed by atoms with E-state index in [2.05, 4.69) is 50.2 Å². The van der Waals surface area contributed by atoms with Crippen LogP contribution in [0.4, 0.5) is 0 Å². The topological polar surface area (TPSA) is 61.5 Å². The summed E-state index contributed by atoms with van der Waals surface area (Å²) in [6, 6.07) is 13.3. The van der Waals surface area contributed by atoms with Crippen molar-refractivity contribution < 1.29 is 9.53 Å². The highest BCUT2D eigenvalue weighted by Gasteiger charge is 2.44. The number of hydrogen-bond acceptors (Lipinski definition) is 4. The van der Waals surface area contributed by atoms with Crippen molar-refractivity contribution in [3.8, 4) is 0 Å². The van der Waals surface area contributed by atoms with E-state index in [9.17, 15) is 4.79 Å². The molecule has 6 nitrogen and oxygen atoms in total. The van der Waals surface area contributed by atoms with E-state index in [0.717, 1.165) is 45.3 Å². The lowest BCUT2D eigenvalue weighted by Gasteiger charge is -2.53. The molecule has 1 amide bonds. The third-order valence-corrected chi connectivity index (χ3v) is 7.23. The molecule has 32 heavy (non-hydrogen) atoms. The van der Waals surface area contributed by atoms with Crippen molar-refractivity contribution in [2.24, 2.45) is 0 Å². The van der Waals surface area contributed by atoms with Gasteiger partial charge < -0.3 is 14.6 Å². The van der Waals surface area contributed by atoms with E-state index in [4.69, 9.17) is 4.74 Å². The smallest absolute Gasteiger partial charge is 0.222 e. The number of nitrogens with one attached hydrogen (secondary N) is 1. The number of carbonyl (C=O) groups is 1. The van der Waals surface area contributed by atoms with Gasteiger partial charge in [0.2, 0.25) is 5.91 Å². The molecule has 0 aliphatic carbocycles. The minimum atomic E-state index is 0.225. The summed E-state index contributed by atoms with van der Waals surface area (Å²) in [6.45, 7) is 2.66. The van der Waals surface area contributed by atoms with Gasteiger partial charge in [-0.1, -0.05) is 24.3 Å². The lowest BCUT2D eigenvalue weighted by Crippen LogP contribution is -2.60. The number of benzene rings is 1. The van der Waals surface area contributed by atoms with Crippen molar-refractivity contribution in [1.29, 1.82) is 0 Å². The fourth-order valence-electron chi connectivity index (χ4n) is 5.41. The molecule has 3 aromatic rings. The van der Waals surface area contributed by atoms with Crippen LogP contribution in [0.15, 0.2) is 55.0 Å². The van der Waals surface area contributed by atoms with Crippen LogP contribution in [0.2, 0.25) is 0 Å². The molecule has 2 saturated heterocycles. The Bertz CT molecular complexity index is 1040. The van der Waals surface area contributed by atoms with E-state index in [-0.39, 0.29) is 12.1 Å². The van der Waals surface area contributed by atoms with E-state index in [1.165, 1.54) is 22.0 Å². The minimum absolute atomic E-state index is 0.225. The van der Waals surface area contributed by atoms with Gasteiger partial charge in [-0.2, -0.15) is 0 Å². The number of amides is 1. The third-order valence-electron chi connectivity index (χ3n) is 7.23. The van der Waals surface area contributed by atoms with E-state index in [1.807, 2.05) is 24.5 Å². The van der Waals surface area contributed by atoms with Crippen molar-refractivity contribution in [1.82, 2.24) is 19.8 Å². The molecular weight excluding hydrogens is 400 g/mol. The van der Waals surface area contributed by atoms with Gasteiger partial charge in [0.25, 0.3) is 0 Å². The summed E-state index contributed by atoms with van der Waals surface area (Å²) in [5.74, 6) is 0.297. The maximum Gasteiger partial charge on any atom is 0.222 e. The lowest BCUT2D eigenvalue weighted by atomic mass is 9.87. The van der Waals surface area contributed by atoms with E-state index >= 15 is 0 Å². The van der Waals surface area contributed by atoms with Crippen LogP contribution in [0.25, 0.3) is 10.9 Å². The van der Waals surface area contributed by atoms with Gasteiger partial charge in [-0.3, -0.25) is 14.7 Å². The monoisotopic (exact) mass is 432 g/mol. The summed E-state index contributed by atoms with van der Waals surface area (Å²) in [4.78, 5) is 25.0. The van der Waals surface area contributed by atoms with Crippen LogP contribution in [-0.2, 0) is 16.0 Å². The molecule has 2 aliphatic heterocycles. The molecule has 2 fully saturated rings. The Morgan fingerprint density at radius 1 is 1.19 bits per heavy atom. The minimum Gasteiger partial charge on any atom is -0.378 e. The van der Waals surface area contributed by atoms with Gasteiger partial charge in [0.1, 0.15) is 0 Å². The first kappa shape index (κ1) is 21.2. The van der Waals surface area contributed by atoms with E-state index in [0.29, 0.717) is 18.4 Å². The number of fused-ring (bicyclic) bond motifs is 1. The van der Waals surface area contributed by atoms with E-state index < -0.39 is 0 Å². The number of pyridine rings is 1. The summed E-state index contributed by atoms with van der Waals surface area (Å²) in [5.41, 5.74) is 3.70. The molecule has 2 aliphatic rings. The largest absolute Gasteiger partial charge is 0.378 e. The Hall–Kier alpha value is -2.70. The molecule has 168 valence electrons. The highest BCUT2D eigenvalue weighted by molar-refractivity contribution is 5.83. The Balaban J connectivity index is 1.11.